The Morgan fingerprint density at radius 1 is 1.10 bits per heavy atom. The molecule has 0 aliphatic rings. The first kappa shape index (κ1) is 12.6. The van der Waals surface area contributed by atoms with Crippen molar-refractivity contribution in [1.29, 1.82) is 0 Å². The SMILES string of the molecule is Clc1cccc(Nc2nccc(-c3c[c]ncc3)n2)c1. The molecule has 0 unspecified atom stereocenters. The summed E-state index contributed by atoms with van der Waals surface area (Å²) in [6.07, 6.45) is 6.17. The first-order valence-corrected chi connectivity index (χ1v) is 6.37. The Morgan fingerprint density at radius 2 is 2.05 bits per heavy atom. The van der Waals surface area contributed by atoms with Crippen LogP contribution in [0, 0.1) is 6.20 Å². The molecular weight excluding hydrogens is 272 g/mol. The molecule has 97 valence electrons. The quantitative estimate of drug-likeness (QED) is 0.795. The number of halogens is 1. The van der Waals surface area contributed by atoms with Crippen molar-refractivity contribution < 1.29 is 0 Å². The van der Waals surface area contributed by atoms with Crippen LogP contribution in [0.4, 0.5) is 11.6 Å². The molecule has 20 heavy (non-hydrogen) atoms. The maximum absolute atomic E-state index is 5.95. The second kappa shape index (κ2) is 5.67. The van der Waals surface area contributed by atoms with Crippen molar-refractivity contribution >= 4 is 23.2 Å². The van der Waals surface area contributed by atoms with E-state index in [9.17, 15) is 0 Å². The van der Waals surface area contributed by atoms with Crippen molar-refractivity contribution in [2.75, 3.05) is 5.32 Å². The van der Waals surface area contributed by atoms with Crippen LogP contribution in [0.2, 0.25) is 5.02 Å². The Hall–Kier alpha value is -2.46. The van der Waals surface area contributed by atoms with E-state index in [1.807, 2.05) is 36.4 Å². The molecular formula is C15H10ClN4. The second-order valence-electron chi connectivity index (χ2n) is 4.07. The van der Waals surface area contributed by atoms with Gasteiger partial charge in [0.2, 0.25) is 5.95 Å². The fourth-order valence-electron chi connectivity index (χ4n) is 1.75. The molecule has 0 saturated carbocycles. The summed E-state index contributed by atoms with van der Waals surface area (Å²) in [5.74, 6) is 0.515. The van der Waals surface area contributed by atoms with Gasteiger partial charge < -0.3 is 5.32 Å². The van der Waals surface area contributed by atoms with Crippen molar-refractivity contribution in [2.24, 2.45) is 0 Å². The van der Waals surface area contributed by atoms with Gasteiger partial charge in [0.25, 0.3) is 0 Å². The van der Waals surface area contributed by atoms with Gasteiger partial charge in [-0.1, -0.05) is 17.7 Å². The van der Waals surface area contributed by atoms with Crippen LogP contribution in [0.5, 0.6) is 0 Å². The van der Waals surface area contributed by atoms with Gasteiger partial charge in [0.15, 0.2) is 0 Å². The Kier molecular flexibility index (Phi) is 3.56. The standard InChI is InChI=1S/C15H10ClN4/c16-12-2-1-3-13(10-12)19-15-18-9-6-14(20-15)11-4-7-17-8-5-11/h1-7,9-10H,(H,18,19,20). The van der Waals surface area contributed by atoms with Crippen LogP contribution in [0.3, 0.4) is 0 Å². The normalized spacial score (nSPS) is 10.2. The van der Waals surface area contributed by atoms with Gasteiger partial charge in [0, 0.05) is 28.7 Å². The largest absolute Gasteiger partial charge is 0.324 e. The lowest BCUT2D eigenvalue weighted by molar-refractivity contribution is 1.17. The first-order valence-electron chi connectivity index (χ1n) is 5.99. The van der Waals surface area contributed by atoms with Crippen molar-refractivity contribution in [3.05, 3.63) is 66.1 Å². The number of aromatic nitrogens is 3. The van der Waals surface area contributed by atoms with E-state index in [0.717, 1.165) is 16.9 Å². The fraction of sp³-hybridized carbons (Fsp3) is 0. The number of anilines is 2. The second-order valence-corrected chi connectivity index (χ2v) is 4.51. The zero-order valence-electron chi connectivity index (χ0n) is 10.4. The number of rotatable bonds is 3. The van der Waals surface area contributed by atoms with E-state index in [0.29, 0.717) is 11.0 Å². The summed E-state index contributed by atoms with van der Waals surface area (Å²) in [6.45, 7) is 0. The summed E-state index contributed by atoms with van der Waals surface area (Å²) in [5.41, 5.74) is 2.59. The lowest BCUT2D eigenvalue weighted by Gasteiger charge is -2.06. The van der Waals surface area contributed by atoms with E-state index in [1.54, 1.807) is 18.5 Å². The highest BCUT2D eigenvalue weighted by Gasteiger charge is 2.02. The summed E-state index contributed by atoms with van der Waals surface area (Å²) in [7, 11) is 0. The molecule has 5 heteroatoms. The monoisotopic (exact) mass is 281 g/mol. The highest BCUT2D eigenvalue weighted by atomic mass is 35.5. The molecule has 0 aliphatic heterocycles. The Labute approximate surface area is 121 Å². The molecule has 1 N–H and O–H groups in total. The zero-order valence-corrected chi connectivity index (χ0v) is 11.2. The summed E-state index contributed by atoms with van der Waals surface area (Å²) < 4.78 is 0. The van der Waals surface area contributed by atoms with Crippen LogP contribution in [0.15, 0.2) is 54.9 Å². The summed E-state index contributed by atoms with van der Waals surface area (Å²) >= 11 is 5.95. The van der Waals surface area contributed by atoms with Crippen LogP contribution in [0.1, 0.15) is 0 Å². The van der Waals surface area contributed by atoms with Gasteiger partial charge in [0.05, 0.1) is 11.9 Å². The van der Waals surface area contributed by atoms with Crippen LogP contribution < -0.4 is 5.32 Å². The van der Waals surface area contributed by atoms with Gasteiger partial charge in [-0.05, 0) is 36.4 Å². The molecule has 1 radical (unpaired) electrons. The van der Waals surface area contributed by atoms with Crippen molar-refractivity contribution in [3.8, 4) is 11.3 Å². The van der Waals surface area contributed by atoms with Gasteiger partial charge in [-0.25, -0.2) is 9.97 Å². The molecule has 0 amide bonds. The highest BCUT2D eigenvalue weighted by molar-refractivity contribution is 6.30. The smallest absolute Gasteiger partial charge is 0.227 e. The molecule has 0 bridgehead atoms. The number of nitrogens with zero attached hydrogens (tertiary/aromatic N) is 3. The third-order valence-electron chi connectivity index (χ3n) is 2.66. The number of hydrogen-bond donors (Lipinski definition) is 1. The fourth-order valence-corrected chi connectivity index (χ4v) is 1.94. The zero-order chi connectivity index (χ0) is 13.8. The third-order valence-corrected chi connectivity index (χ3v) is 2.89. The minimum absolute atomic E-state index is 0.515. The van der Waals surface area contributed by atoms with Crippen LogP contribution in [-0.4, -0.2) is 15.0 Å². The predicted octanol–water partition coefficient (Wildman–Crippen LogP) is 3.74. The third kappa shape index (κ3) is 2.92. The van der Waals surface area contributed by atoms with E-state index >= 15 is 0 Å². The summed E-state index contributed by atoms with van der Waals surface area (Å²) in [5, 5.41) is 3.78. The van der Waals surface area contributed by atoms with E-state index < -0.39 is 0 Å². The van der Waals surface area contributed by atoms with Crippen LogP contribution in [-0.2, 0) is 0 Å². The molecule has 4 nitrogen and oxygen atoms in total. The summed E-state index contributed by atoms with van der Waals surface area (Å²) in [6, 6.07) is 12.9. The molecule has 2 heterocycles. The highest BCUT2D eigenvalue weighted by Crippen LogP contribution is 2.20. The molecule has 3 rings (SSSR count). The van der Waals surface area contributed by atoms with E-state index in [-0.39, 0.29) is 0 Å². The number of benzene rings is 1. The van der Waals surface area contributed by atoms with E-state index in [2.05, 4.69) is 26.5 Å². The van der Waals surface area contributed by atoms with Crippen LogP contribution >= 0.6 is 11.6 Å². The van der Waals surface area contributed by atoms with Gasteiger partial charge in [-0.15, -0.1) is 0 Å². The first-order chi connectivity index (χ1) is 9.81. The average molecular weight is 282 g/mol. The molecule has 0 aliphatic carbocycles. The topological polar surface area (TPSA) is 50.7 Å². The maximum atomic E-state index is 5.95. The molecule has 0 atom stereocenters. The van der Waals surface area contributed by atoms with Crippen LogP contribution in [0.25, 0.3) is 11.3 Å². The molecule has 0 fully saturated rings. The lowest BCUT2D eigenvalue weighted by atomic mass is 10.2. The lowest BCUT2D eigenvalue weighted by Crippen LogP contribution is -1.97. The Morgan fingerprint density at radius 3 is 2.85 bits per heavy atom. The average Bonchev–Trinajstić information content (AvgIpc) is 2.48. The van der Waals surface area contributed by atoms with Gasteiger partial charge in [0.1, 0.15) is 0 Å². The van der Waals surface area contributed by atoms with Gasteiger partial charge in [-0.3, -0.25) is 4.98 Å². The van der Waals surface area contributed by atoms with Crippen molar-refractivity contribution in [2.45, 2.75) is 0 Å². The molecule has 0 saturated heterocycles. The Balaban J connectivity index is 1.88. The van der Waals surface area contributed by atoms with E-state index in [4.69, 9.17) is 11.6 Å². The predicted molar refractivity (Wildman–Crippen MR) is 78.8 cm³/mol. The Bertz CT molecular complexity index is 716. The number of nitrogens with one attached hydrogen (secondary N) is 1. The number of hydrogen-bond acceptors (Lipinski definition) is 4. The van der Waals surface area contributed by atoms with Crippen molar-refractivity contribution in [3.63, 3.8) is 0 Å². The minimum Gasteiger partial charge on any atom is -0.324 e. The molecule has 0 spiro atoms. The van der Waals surface area contributed by atoms with Crippen molar-refractivity contribution in [1.82, 2.24) is 15.0 Å². The van der Waals surface area contributed by atoms with E-state index in [1.165, 1.54) is 0 Å². The van der Waals surface area contributed by atoms with Gasteiger partial charge >= 0.3 is 0 Å². The molecule has 1 aromatic carbocycles. The molecule has 3 aromatic rings. The molecule has 2 aromatic heterocycles. The number of pyridine rings is 1. The maximum Gasteiger partial charge on any atom is 0.227 e. The van der Waals surface area contributed by atoms with Gasteiger partial charge in [-0.2, -0.15) is 0 Å². The summed E-state index contributed by atoms with van der Waals surface area (Å²) in [4.78, 5) is 12.5. The minimum atomic E-state index is 0.515.